The van der Waals surface area contributed by atoms with E-state index in [0.29, 0.717) is 11.6 Å². The van der Waals surface area contributed by atoms with Gasteiger partial charge in [-0.05, 0) is 56.0 Å². The number of benzene rings is 2. The highest BCUT2D eigenvalue weighted by atomic mass is 32.1. The zero-order valence-electron chi connectivity index (χ0n) is 19.9. The minimum Gasteiger partial charge on any atom is -0.478 e. The summed E-state index contributed by atoms with van der Waals surface area (Å²) in [5.74, 6) is 1.76. The molecular weight excluding hydrogens is 501 g/mol. The normalized spacial score (nSPS) is 13.8. The second-order valence-electron chi connectivity index (χ2n) is 8.80. The molecule has 2 aromatic carbocycles. The van der Waals surface area contributed by atoms with E-state index in [1.807, 2.05) is 0 Å². The fourth-order valence-electron chi connectivity index (χ4n) is 4.09. The number of nitrogens with zero attached hydrogens (tertiary/aromatic N) is 1. The van der Waals surface area contributed by atoms with Crippen molar-refractivity contribution in [2.75, 3.05) is 5.32 Å². The largest absolute Gasteiger partial charge is 0.478 e. The highest BCUT2D eigenvalue weighted by Crippen LogP contribution is 2.30. The Morgan fingerprint density at radius 2 is 1.89 bits per heavy atom. The van der Waals surface area contributed by atoms with Crippen LogP contribution in [0.1, 0.15) is 60.5 Å². The van der Waals surface area contributed by atoms with Crippen LogP contribution in [0.5, 0.6) is 0 Å². The molecular formula is C28H23F3N2O3S. The number of hydrogen-bond donors (Lipinski definition) is 2. The van der Waals surface area contributed by atoms with Gasteiger partial charge in [-0.3, -0.25) is 10.1 Å². The number of thiazole rings is 1. The van der Waals surface area contributed by atoms with Gasteiger partial charge in [0.1, 0.15) is 17.5 Å². The first-order valence-corrected chi connectivity index (χ1v) is 12.6. The molecule has 190 valence electrons. The lowest BCUT2D eigenvalue weighted by atomic mass is 10.0. The van der Waals surface area contributed by atoms with Crippen LogP contribution >= 0.6 is 11.3 Å². The molecule has 1 fully saturated rings. The lowest BCUT2D eigenvalue weighted by molar-refractivity contribution is -0.132. The first kappa shape index (κ1) is 26.2. The molecule has 0 unspecified atom stereocenters. The van der Waals surface area contributed by atoms with E-state index in [0.717, 1.165) is 48.8 Å². The van der Waals surface area contributed by atoms with Crippen molar-refractivity contribution in [1.82, 2.24) is 4.98 Å². The summed E-state index contributed by atoms with van der Waals surface area (Å²) >= 11 is 1.03. The van der Waals surface area contributed by atoms with Crippen LogP contribution in [0.4, 0.5) is 18.3 Å². The van der Waals surface area contributed by atoms with Crippen LogP contribution in [0.2, 0.25) is 0 Å². The molecule has 0 bridgehead atoms. The first-order valence-electron chi connectivity index (χ1n) is 11.7. The number of carbonyl (C=O) groups excluding carboxylic acids is 1. The maximum atomic E-state index is 15.1. The third-order valence-corrected chi connectivity index (χ3v) is 6.89. The zero-order chi connectivity index (χ0) is 26.5. The Labute approximate surface area is 216 Å². The van der Waals surface area contributed by atoms with Gasteiger partial charge in [0.05, 0.1) is 11.3 Å². The van der Waals surface area contributed by atoms with E-state index >= 15 is 4.39 Å². The summed E-state index contributed by atoms with van der Waals surface area (Å²) in [5, 5.41) is 13.0. The standard InChI is InChI=1S/C28H23F3N2O3S/c1-16(27(35)36)12-21-22(29)13-19(14-23(21)30)26(34)33-28-32-24(15-37-28)20-11-5-10-18(25(20)31)9-4-8-17-6-2-3-7-17/h5,10-15,17H,2-3,6-8H2,1H3,(H,35,36)(H,32,33,34). The molecule has 1 aliphatic rings. The van der Waals surface area contributed by atoms with Crippen molar-refractivity contribution in [2.24, 2.45) is 5.92 Å². The van der Waals surface area contributed by atoms with Gasteiger partial charge in [0, 0.05) is 34.1 Å². The van der Waals surface area contributed by atoms with Crippen LogP contribution in [-0.4, -0.2) is 22.0 Å². The van der Waals surface area contributed by atoms with E-state index in [2.05, 4.69) is 22.1 Å². The number of nitrogens with one attached hydrogen (secondary N) is 1. The molecule has 4 rings (SSSR count). The number of carbonyl (C=O) groups is 2. The van der Waals surface area contributed by atoms with Gasteiger partial charge in [-0.25, -0.2) is 22.9 Å². The van der Waals surface area contributed by atoms with Crippen molar-refractivity contribution in [3.63, 3.8) is 0 Å². The molecule has 1 amide bonds. The van der Waals surface area contributed by atoms with Gasteiger partial charge in [0.2, 0.25) is 0 Å². The number of halogens is 3. The van der Waals surface area contributed by atoms with Gasteiger partial charge in [-0.2, -0.15) is 0 Å². The number of carboxylic acid groups (broad SMARTS) is 1. The molecule has 5 nitrogen and oxygen atoms in total. The second kappa shape index (κ2) is 11.4. The second-order valence-corrected chi connectivity index (χ2v) is 9.66. The summed E-state index contributed by atoms with van der Waals surface area (Å²) in [6.07, 6.45) is 6.36. The quantitative estimate of drug-likeness (QED) is 0.272. The Balaban J connectivity index is 1.49. The van der Waals surface area contributed by atoms with Crippen LogP contribution in [0.25, 0.3) is 17.3 Å². The van der Waals surface area contributed by atoms with Gasteiger partial charge in [0.25, 0.3) is 5.91 Å². The minimum atomic E-state index is -1.32. The highest BCUT2D eigenvalue weighted by molar-refractivity contribution is 7.14. The number of carboxylic acids is 1. The Morgan fingerprint density at radius 1 is 1.19 bits per heavy atom. The summed E-state index contributed by atoms with van der Waals surface area (Å²) in [5.41, 5.74) is -0.350. The Bertz CT molecular complexity index is 1420. The SMILES string of the molecule is CC(=Cc1c(F)cc(C(=O)Nc2nc(-c3cccc(C#CCC4CCCC4)c3F)cs2)cc1F)C(=O)O. The molecule has 0 spiro atoms. The zero-order valence-corrected chi connectivity index (χ0v) is 20.7. The molecule has 0 radical (unpaired) electrons. The topological polar surface area (TPSA) is 79.3 Å². The van der Waals surface area contributed by atoms with Gasteiger partial charge < -0.3 is 5.11 Å². The first-order chi connectivity index (χ1) is 17.7. The van der Waals surface area contributed by atoms with E-state index in [9.17, 15) is 18.4 Å². The average molecular weight is 525 g/mol. The average Bonchev–Trinajstić information content (AvgIpc) is 3.54. The lowest BCUT2D eigenvalue weighted by Crippen LogP contribution is -2.13. The smallest absolute Gasteiger partial charge is 0.331 e. The maximum Gasteiger partial charge on any atom is 0.331 e. The van der Waals surface area contributed by atoms with Crippen LogP contribution < -0.4 is 5.32 Å². The molecule has 1 saturated carbocycles. The van der Waals surface area contributed by atoms with Gasteiger partial charge >= 0.3 is 5.97 Å². The molecule has 0 atom stereocenters. The Hall–Kier alpha value is -3.90. The molecule has 1 aliphatic carbocycles. The van der Waals surface area contributed by atoms with Crippen molar-refractivity contribution in [2.45, 2.75) is 39.0 Å². The summed E-state index contributed by atoms with van der Waals surface area (Å²) in [7, 11) is 0. The molecule has 0 aliphatic heterocycles. The lowest BCUT2D eigenvalue weighted by Gasteiger charge is -2.06. The van der Waals surface area contributed by atoms with E-state index in [4.69, 9.17) is 5.11 Å². The van der Waals surface area contributed by atoms with Crippen LogP contribution in [0, 0.1) is 35.2 Å². The van der Waals surface area contributed by atoms with Crippen molar-refractivity contribution in [3.05, 3.63) is 75.4 Å². The van der Waals surface area contributed by atoms with Gasteiger partial charge in [-0.1, -0.05) is 30.7 Å². The van der Waals surface area contributed by atoms with Crippen molar-refractivity contribution in [1.29, 1.82) is 0 Å². The molecule has 1 heterocycles. The summed E-state index contributed by atoms with van der Waals surface area (Å²) in [6, 6.07) is 6.47. The van der Waals surface area contributed by atoms with E-state index in [-0.39, 0.29) is 27.4 Å². The number of aliphatic carboxylic acids is 1. The van der Waals surface area contributed by atoms with Crippen molar-refractivity contribution >= 4 is 34.4 Å². The number of aromatic nitrogens is 1. The molecule has 37 heavy (non-hydrogen) atoms. The third-order valence-electron chi connectivity index (χ3n) is 6.13. The van der Waals surface area contributed by atoms with E-state index in [1.165, 1.54) is 19.8 Å². The summed E-state index contributed by atoms with van der Waals surface area (Å²) < 4.78 is 43.9. The molecule has 9 heteroatoms. The minimum absolute atomic E-state index is 0.114. The fourth-order valence-corrected chi connectivity index (χ4v) is 4.79. The molecule has 1 aromatic heterocycles. The summed E-state index contributed by atoms with van der Waals surface area (Å²) in [6.45, 7) is 1.20. The van der Waals surface area contributed by atoms with Crippen LogP contribution in [-0.2, 0) is 4.79 Å². The van der Waals surface area contributed by atoms with Gasteiger partial charge in [-0.15, -0.1) is 11.3 Å². The molecule has 2 N–H and O–H groups in total. The van der Waals surface area contributed by atoms with Crippen molar-refractivity contribution in [3.8, 4) is 23.1 Å². The van der Waals surface area contributed by atoms with Crippen LogP contribution in [0.15, 0.2) is 41.3 Å². The number of rotatable bonds is 6. The molecule has 0 saturated heterocycles. The third kappa shape index (κ3) is 6.27. The van der Waals surface area contributed by atoms with E-state index in [1.54, 1.807) is 23.6 Å². The Morgan fingerprint density at radius 3 is 2.57 bits per heavy atom. The van der Waals surface area contributed by atoms with E-state index < -0.39 is 34.9 Å². The number of amides is 1. The summed E-state index contributed by atoms with van der Waals surface area (Å²) in [4.78, 5) is 27.8. The monoisotopic (exact) mass is 524 g/mol. The number of hydrogen-bond acceptors (Lipinski definition) is 4. The molecule has 3 aromatic rings. The predicted octanol–water partition coefficient (Wildman–Crippen LogP) is 6.90. The Kier molecular flexibility index (Phi) is 8.09. The number of anilines is 1. The maximum absolute atomic E-state index is 15.1. The van der Waals surface area contributed by atoms with Gasteiger partial charge in [0.15, 0.2) is 5.13 Å². The predicted molar refractivity (Wildman–Crippen MR) is 137 cm³/mol. The van der Waals surface area contributed by atoms with Crippen molar-refractivity contribution < 1.29 is 27.9 Å². The fraction of sp³-hybridized carbons (Fsp3) is 0.250. The highest BCUT2D eigenvalue weighted by Gasteiger charge is 2.18. The van der Waals surface area contributed by atoms with Crippen LogP contribution in [0.3, 0.4) is 0 Å².